The number of nitrogens with two attached hydrogens (primary N) is 1. The van der Waals surface area contributed by atoms with Gasteiger partial charge >= 0.3 is 6.03 Å². The predicted octanol–water partition coefficient (Wildman–Crippen LogP) is 3.22. The highest BCUT2D eigenvalue weighted by atomic mass is 16.2. The first kappa shape index (κ1) is 13.7. The molecule has 2 amide bonds. The van der Waals surface area contributed by atoms with Gasteiger partial charge in [-0.25, -0.2) is 4.79 Å². The van der Waals surface area contributed by atoms with E-state index in [2.05, 4.69) is 24.5 Å². The third kappa shape index (κ3) is 3.88. The number of rotatable bonds is 2. The lowest BCUT2D eigenvalue weighted by atomic mass is 9.80. The Morgan fingerprint density at radius 1 is 1.21 bits per heavy atom. The molecular weight excluding hydrogens is 238 g/mol. The molecule has 4 N–H and O–H groups in total. The number of carbonyl (C=O) groups excluding carboxylic acids is 1. The molecule has 0 radical (unpaired) electrons. The van der Waals surface area contributed by atoms with E-state index in [4.69, 9.17) is 5.73 Å². The molecule has 4 nitrogen and oxygen atoms in total. The summed E-state index contributed by atoms with van der Waals surface area (Å²) in [6, 6.07) is 7.32. The first-order valence-corrected chi connectivity index (χ1v) is 6.97. The summed E-state index contributed by atoms with van der Waals surface area (Å²) in [4.78, 5) is 11.9. The number of benzene rings is 1. The Labute approximate surface area is 114 Å². The molecule has 1 fully saturated rings. The molecule has 1 aliphatic rings. The summed E-state index contributed by atoms with van der Waals surface area (Å²) in [6.45, 7) is 4.49. The standard InChI is InChI=1S/C15H23N3O/c1-10-3-8-14(11(2)9-10)18-15(19)17-13-6-4-12(16)5-7-13/h4-7,10-11,14H,3,8-9,16H2,1-2H3,(H2,17,18,19). The van der Waals surface area contributed by atoms with E-state index in [-0.39, 0.29) is 12.1 Å². The van der Waals surface area contributed by atoms with Crippen molar-refractivity contribution in [1.29, 1.82) is 0 Å². The number of hydrogen-bond acceptors (Lipinski definition) is 2. The molecule has 1 aromatic carbocycles. The van der Waals surface area contributed by atoms with Crippen molar-refractivity contribution in [3.63, 3.8) is 0 Å². The first-order chi connectivity index (χ1) is 9.04. The summed E-state index contributed by atoms with van der Waals surface area (Å²) in [7, 11) is 0. The fourth-order valence-electron chi connectivity index (χ4n) is 2.78. The summed E-state index contributed by atoms with van der Waals surface area (Å²) in [5.41, 5.74) is 7.07. The van der Waals surface area contributed by atoms with Crippen LogP contribution in [-0.4, -0.2) is 12.1 Å². The van der Waals surface area contributed by atoms with Crippen molar-refractivity contribution >= 4 is 17.4 Å². The Bertz CT molecular complexity index is 430. The zero-order chi connectivity index (χ0) is 13.8. The minimum atomic E-state index is -0.129. The van der Waals surface area contributed by atoms with Gasteiger partial charge in [0.1, 0.15) is 0 Å². The van der Waals surface area contributed by atoms with Gasteiger partial charge in [0.05, 0.1) is 0 Å². The summed E-state index contributed by atoms with van der Waals surface area (Å²) in [5, 5.41) is 5.91. The maximum absolute atomic E-state index is 11.9. The quantitative estimate of drug-likeness (QED) is 0.716. The van der Waals surface area contributed by atoms with E-state index in [1.807, 2.05) is 0 Å². The average molecular weight is 261 g/mol. The van der Waals surface area contributed by atoms with Crippen LogP contribution in [0.5, 0.6) is 0 Å². The lowest BCUT2D eigenvalue weighted by Gasteiger charge is -2.33. The molecule has 0 heterocycles. The van der Waals surface area contributed by atoms with Crippen LogP contribution in [0.25, 0.3) is 0 Å². The fourth-order valence-corrected chi connectivity index (χ4v) is 2.78. The number of hydrogen-bond donors (Lipinski definition) is 3. The molecule has 0 spiro atoms. The highest BCUT2D eigenvalue weighted by molar-refractivity contribution is 5.89. The van der Waals surface area contributed by atoms with Crippen LogP contribution in [0.3, 0.4) is 0 Å². The molecule has 0 aromatic heterocycles. The number of anilines is 2. The van der Waals surface area contributed by atoms with Gasteiger partial charge in [-0.15, -0.1) is 0 Å². The number of carbonyl (C=O) groups is 1. The van der Waals surface area contributed by atoms with Gasteiger partial charge in [0.2, 0.25) is 0 Å². The second-order valence-corrected chi connectivity index (χ2v) is 5.72. The molecule has 0 bridgehead atoms. The average Bonchev–Trinajstić information content (AvgIpc) is 2.36. The molecule has 3 unspecified atom stereocenters. The number of nitrogen functional groups attached to an aromatic ring is 1. The normalized spacial score (nSPS) is 26.7. The number of urea groups is 1. The van der Waals surface area contributed by atoms with E-state index in [1.165, 1.54) is 12.8 Å². The lowest BCUT2D eigenvalue weighted by molar-refractivity contribution is 0.214. The molecule has 0 aliphatic heterocycles. The van der Waals surface area contributed by atoms with E-state index in [0.717, 1.165) is 18.0 Å². The Kier molecular flexibility index (Phi) is 4.30. The van der Waals surface area contributed by atoms with E-state index in [9.17, 15) is 4.79 Å². The molecule has 104 valence electrons. The maximum Gasteiger partial charge on any atom is 0.319 e. The van der Waals surface area contributed by atoms with Gasteiger partial charge in [0, 0.05) is 17.4 Å². The van der Waals surface area contributed by atoms with Gasteiger partial charge in [0.15, 0.2) is 0 Å². The van der Waals surface area contributed by atoms with Crippen LogP contribution in [0.2, 0.25) is 0 Å². The molecule has 1 saturated carbocycles. The van der Waals surface area contributed by atoms with Crippen LogP contribution in [0, 0.1) is 11.8 Å². The Balaban J connectivity index is 1.85. The highest BCUT2D eigenvalue weighted by Crippen LogP contribution is 2.28. The molecule has 4 heteroatoms. The maximum atomic E-state index is 11.9. The van der Waals surface area contributed by atoms with Gasteiger partial charge in [-0.3, -0.25) is 0 Å². The summed E-state index contributed by atoms with van der Waals surface area (Å²) in [5.74, 6) is 1.31. The third-order valence-corrected chi connectivity index (χ3v) is 3.92. The minimum Gasteiger partial charge on any atom is -0.399 e. The van der Waals surface area contributed by atoms with Crippen molar-refractivity contribution in [1.82, 2.24) is 5.32 Å². The van der Waals surface area contributed by atoms with E-state index < -0.39 is 0 Å². The topological polar surface area (TPSA) is 67.2 Å². The van der Waals surface area contributed by atoms with Crippen LogP contribution in [-0.2, 0) is 0 Å². The molecule has 3 atom stereocenters. The van der Waals surface area contributed by atoms with Gasteiger partial charge in [-0.2, -0.15) is 0 Å². The van der Waals surface area contributed by atoms with Crippen molar-refractivity contribution in [2.45, 2.75) is 39.2 Å². The molecule has 1 aliphatic carbocycles. The molecule has 19 heavy (non-hydrogen) atoms. The summed E-state index contributed by atoms with van der Waals surface area (Å²) in [6.07, 6.45) is 3.45. The zero-order valence-corrected chi connectivity index (χ0v) is 11.6. The van der Waals surface area contributed by atoms with Crippen molar-refractivity contribution in [2.75, 3.05) is 11.1 Å². The van der Waals surface area contributed by atoms with Crippen LogP contribution in [0.1, 0.15) is 33.1 Å². The molecular formula is C15H23N3O. The van der Waals surface area contributed by atoms with Gasteiger partial charge in [-0.1, -0.05) is 13.8 Å². The SMILES string of the molecule is CC1CCC(NC(=O)Nc2ccc(N)cc2)C(C)C1. The second-order valence-electron chi connectivity index (χ2n) is 5.72. The summed E-state index contributed by atoms with van der Waals surface area (Å²) >= 11 is 0. The van der Waals surface area contributed by atoms with E-state index in [0.29, 0.717) is 11.6 Å². The van der Waals surface area contributed by atoms with Crippen LogP contribution in [0.4, 0.5) is 16.2 Å². The Morgan fingerprint density at radius 2 is 1.89 bits per heavy atom. The Morgan fingerprint density at radius 3 is 2.53 bits per heavy atom. The van der Waals surface area contributed by atoms with E-state index in [1.54, 1.807) is 24.3 Å². The smallest absolute Gasteiger partial charge is 0.319 e. The van der Waals surface area contributed by atoms with Crippen molar-refractivity contribution < 1.29 is 4.79 Å². The summed E-state index contributed by atoms with van der Waals surface area (Å²) < 4.78 is 0. The zero-order valence-electron chi connectivity index (χ0n) is 11.6. The number of nitrogens with one attached hydrogen (secondary N) is 2. The molecule has 2 rings (SSSR count). The third-order valence-electron chi connectivity index (χ3n) is 3.92. The number of amides is 2. The lowest BCUT2D eigenvalue weighted by Crippen LogP contribution is -2.44. The van der Waals surface area contributed by atoms with Crippen LogP contribution in [0.15, 0.2) is 24.3 Å². The van der Waals surface area contributed by atoms with Crippen LogP contribution < -0.4 is 16.4 Å². The fraction of sp³-hybridized carbons (Fsp3) is 0.533. The van der Waals surface area contributed by atoms with Gasteiger partial charge in [-0.05, 0) is 55.4 Å². The minimum absolute atomic E-state index is 0.129. The highest BCUT2D eigenvalue weighted by Gasteiger charge is 2.26. The molecule has 0 saturated heterocycles. The predicted molar refractivity (Wildman–Crippen MR) is 79.0 cm³/mol. The molecule has 1 aromatic rings. The van der Waals surface area contributed by atoms with E-state index >= 15 is 0 Å². The van der Waals surface area contributed by atoms with Gasteiger partial charge in [0.25, 0.3) is 0 Å². The van der Waals surface area contributed by atoms with Crippen LogP contribution >= 0.6 is 0 Å². The Hall–Kier alpha value is -1.71. The second kappa shape index (κ2) is 5.95. The van der Waals surface area contributed by atoms with Crippen molar-refractivity contribution in [2.24, 2.45) is 11.8 Å². The monoisotopic (exact) mass is 261 g/mol. The van der Waals surface area contributed by atoms with Crippen molar-refractivity contribution in [3.8, 4) is 0 Å². The van der Waals surface area contributed by atoms with Gasteiger partial charge < -0.3 is 16.4 Å². The first-order valence-electron chi connectivity index (χ1n) is 6.97. The van der Waals surface area contributed by atoms with Crippen molar-refractivity contribution in [3.05, 3.63) is 24.3 Å². The largest absolute Gasteiger partial charge is 0.399 e.